The number of hydrogen-bond acceptors (Lipinski definition) is 2. The second kappa shape index (κ2) is 4.63. The molecule has 0 bridgehead atoms. The van der Waals surface area contributed by atoms with Gasteiger partial charge in [0.25, 0.3) is 0 Å². The summed E-state index contributed by atoms with van der Waals surface area (Å²) in [6, 6.07) is 13.3. The van der Waals surface area contributed by atoms with Crippen molar-refractivity contribution in [3.8, 4) is 0 Å². The molecule has 1 aromatic carbocycles. The van der Waals surface area contributed by atoms with Crippen LogP contribution in [0.1, 0.15) is 16.0 Å². The number of fused-ring (bicyclic) bond motifs is 1. The maximum absolute atomic E-state index is 6.36. The fourth-order valence-corrected chi connectivity index (χ4v) is 3.50. The molecule has 0 radical (unpaired) electrons. The minimum absolute atomic E-state index is 0.293. The fraction of sp³-hybridized carbons (Fsp3) is 0.333. The molecule has 1 unspecified atom stereocenters. The average molecular weight is 243 g/mol. The van der Waals surface area contributed by atoms with Gasteiger partial charge in [-0.15, -0.1) is 11.3 Å². The monoisotopic (exact) mass is 243 g/mol. The molecule has 1 aromatic heterocycles. The summed E-state index contributed by atoms with van der Waals surface area (Å²) in [5, 5.41) is 2.13. The molecule has 1 nitrogen and oxygen atoms in total. The van der Waals surface area contributed by atoms with Gasteiger partial charge in [-0.05, 0) is 47.8 Å². The van der Waals surface area contributed by atoms with Crippen LogP contribution in [-0.4, -0.2) is 6.04 Å². The zero-order valence-corrected chi connectivity index (χ0v) is 10.6. The number of benzene rings is 1. The molecule has 2 aromatic rings. The van der Waals surface area contributed by atoms with Crippen LogP contribution < -0.4 is 5.73 Å². The molecule has 2 heteroatoms. The van der Waals surface area contributed by atoms with E-state index in [0.29, 0.717) is 12.0 Å². The Kier molecular flexibility index (Phi) is 3.00. The molecule has 1 heterocycles. The number of thiophene rings is 1. The molecule has 17 heavy (non-hydrogen) atoms. The predicted octanol–water partition coefficient (Wildman–Crippen LogP) is 3.03. The van der Waals surface area contributed by atoms with E-state index in [-0.39, 0.29) is 0 Å². The molecule has 0 spiro atoms. The highest BCUT2D eigenvalue weighted by atomic mass is 32.1. The van der Waals surface area contributed by atoms with Gasteiger partial charge in [-0.3, -0.25) is 0 Å². The van der Waals surface area contributed by atoms with Gasteiger partial charge in [-0.25, -0.2) is 0 Å². The SMILES string of the molecule is NC(Cc1cccs1)C1Cc2ccccc2C1. The Morgan fingerprint density at radius 2 is 1.82 bits per heavy atom. The lowest BCUT2D eigenvalue weighted by molar-refractivity contribution is 0.439. The van der Waals surface area contributed by atoms with Crippen LogP contribution in [0, 0.1) is 5.92 Å². The van der Waals surface area contributed by atoms with Crippen LogP contribution in [0.5, 0.6) is 0 Å². The molecule has 0 saturated carbocycles. The van der Waals surface area contributed by atoms with Gasteiger partial charge in [0, 0.05) is 10.9 Å². The summed E-state index contributed by atoms with van der Waals surface area (Å²) >= 11 is 1.81. The van der Waals surface area contributed by atoms with E-state index < -0.39 is 0 Å². The van der Waals surface area contributed by atoms with Gasteiger partial charge in [0.15, 0.2) is 0 Å². The van der Waals surface area contributed by atoms with Gasteiger partial charge in [0.2, 0.25) is 0 Å². The number of rotatable bonds is 3. The Morgan fingerprint density at radius 1 is 1.12 bits per heavy atom. The van der Waals surface area contributed by atoms with Crippen molar-refractivity contribution in [3.05, 3.63) is 57.8 Å². The van der Waals surface area contributed by atoms with Crippen molar-refractivity contribution in [2.75, 3.05) is 0 Å². The van der Waals surface area contributed by atoms with Crippen molar-refractivity contribution >= 4 is 11.3 Å². The first kappa shape index (κ1) is 11.0. The van der Waals surface area contributed by atoms with E-state index in [0.717, 1.165) is 19.3 Å². The van der Waals surface area contributed by atoms with Crippen LogP contribution in [0.15, 0.2) is 41.8 Å². The average Bonchev–Trinajstić information content (AvgIpc) is 2.96. The van der Waals surface area contributed by atoms with E-state index in [1.54, 1.807) is 0 Å². The largest absolute Gasteiger partial charge is 0.327 e. The summed E-state index contributed by atoms with van der Waals surface area (Å²) in [5.41, 5.74) is 9.35. The standard InChI is InChI=1S/C15H17NS/c16-15(10-14-6-3-7-17-14)13-8-11-4-1-2-5-12(11)9-13/h1-7,13,15H,8-10,16H2. The zero-order chi connectivity index (χ0) is 11.7. The van der Waals surface area contributed by atoms with Crippen molar-refractivity contribution in [2.45, 2.75) is 25.3 Å². The summed E-state index contributed by atoms with van der Waals surface area (Å²) in [7, 11) is 0. The third-order valence-corrected chi connectivity index (χ3v) is 4.60. The quantitative estimate of drug-likeness (QED) is 0.881. The first-order chi connectivity index (χ1) is 8.33. The lowest BCUT2D eigenvalue weighted by Gasteiger charge is -2.17. The minimum atomic E-state index is 0.293. The second-order valence-electron chi connectivity index (χ2n) is 4.88. The third-order valence-electron chi connectivity index (χ3n) is 3.71. The Labute approximate surface area is 106 Å². The normalized spacial score (nSPS) is 17.0. The van der Waals surface area contributed by atoms with E-state index in [1.165, 1.54) is 16.0 Å². The van der Waals surface area contributed by atoms with Gasteiger partial charge in [-0.2, -0.15) is 0 Å². The molecule has 2 N–H and O–H groups in total. The van der Waals surface area contributed by atoms with E-state index in [9.17, 15) is 0 Å². The second-order valence-corrected chi connectivity index (χ2v) is 5.92. The highest BCUT2D eigenvalue weighted by molar-refractivity contribution is 7.09. The molecule has 1 atom stereocenters. The minimum Gasteiger partial charge on any atom is -0.327 e. The summed E-state index contributed by atoms with van der Waals surface area (Å²) in [6.07, 6.45) is 3.34. The molecule has 1 aliphatic rings. The van der Waals surface area contributed by atoms with E-state index in [2.05, 4.69) is 41.8 Å². The maximum Gasteiger partial charge on any atom is 0.0122 e. The van der Waals surface area contributed by atoms with Crippen LogP contribution in [0.2, 0.25) is 0 Å². The van der Waals surface area contributed by atoms with Gasteiger partial charge < -0.3 is 5.73 Å². The van der Waals surface area contributed by atoms with Crippen molar-refractivity contribution in [1.82, 2.24) is 0 Å². The van der Waals surface area contributed by atoms with Crippen LogP contribution in [0.25, 0.3) is 0 Å². The molecule has 1 aliphatic carbocycles. The molecule has 0 fully saturated rings. The number of hydrogen-bond donors (Lipinski definition) is 1. The van der Waals surface area contributed by atoms with Gasteiger partial charge in [0.1, 0.15) is 0 Å². The Balaban J connectivity index is 1.68. The Hall–Kier alpha value is -1.12. The Bertz CT molecular complexity index is 464. The molecule has 88 valence electrons. The van der Waals surface area contributed by atoms with E-state index in [4.69, 9.17) is 5.73 Å². The number of nitrogens with two attached hydrogens (primary N) is 1. The van der Waals surface area contributed by atoms with Crippen molar-refractivity contribution < 1.29 is 0 Å². The summed E-state index contributed by atoms with van der Waals surface area (Å²) in [6.45, 7) is 0. The van der Waals surface area contributed by atoms with Gasteiger partial charge in [-0.1, -0.05) is 30.3 Å². The maximum atomic E-state index is 6.36. The third kappa shape index (κ3) is 2.28. The molecule has 0 aliphatic heterocycles. The highest BCUT2D eigenvalue weighted by Gasteiger charge is 2.26. The smallest absolute Gasteiger partial charge is 0.0122 e. The van der Waals surface area contributed by atoms with Gasteiger partial charge in [0.05, 0.1) is 0 Å². The summed E-state index contributed by atoms with van der Waals surface area (Å²) in [5.74, 6) is 0.620. The molecular formula is C15H17NS. The molecule has 0 saturated heterocycles. The fourth-order valence-electron chi connectivity index (χ4n) is 2.72. The summed E-state index contributed by atoms with van der Waals surface area (Å²) in [4.78, 5) is 1.41. The topological polar surface area (TPSA) is 26.0 Å². The lowest BCUT2D eigenvalue weighted by Crippen LogP contribution is -2.32. The van der Waals surface area contributed by atoms with E-state index in [1.807, 2.05) is 11.3 Å². The lowest BCUT2D eigenvalue weighted by atomic mass is 9.94. The van der Waals surface area contributed by atoms with Gasteiger partial charge >= 0.3 is 0 Å². The van der Waals surface area contributed by atoms with Crippen LogP contribution in [0.3, 0.4) is 0 Å². The highest BCUT2D eigenvalue weighted by Crippen LogP contribution is 2.29. The summed E-state index contributed by atoms with van der Waals surface area (Å²) < 4.78 is 0. The van der Waals surface area contributed by atoms with Crippen molar-refractivity contribution in [2.24, 2.45) is 11.7 Å². The molecule has 0 amide bonds. The predicted molar refractivity (Wildman–Crippen MR) is 73.3 cm³/mol. The Morgan fingerprint density at radius 3 is 2.41 bits per heavy atom. The van der Waals surface area contributed by atoms with Crippen molar-refractivity contribution in [3.63, 3.8) is 0 Å². The first-order valence-electron chi connectivity index (χ1n) is 6.17. The van der Waals surface area contributed by atoms with Crippen LogP contribution in [-0.2, 0) is 19.3 Å². The first-order valence-corrected chi connectivity index (χ1v) is 7.05. The van der Waals surface area contributed by atoms with Crippen LogP contribution >= 0.6 is 11.3 Å². The molecule has 3 rings (SSSR count). The molecular weight excluding hydrogens is 226 g/mol. The van der Waals surface area contributed by atoms with Crippen molar-refractivity contribution in [1.29, 1.82) is 0 Å². The zero-order valence-electron chi connectivity index (χ0n) is 9.80. The van der Waals surface area contributed by atoms with Crippen LogP contribution in [0.4, 0.5) is 0 Å². The van der Waals surface area contributed by atoms with E-state index >= 15 is 0 Å².